The van der Waals surface area contributed by atoms with Crippen LogP contribution in [0.2, 0.25) is 0 Å². The van der Waals surface area contributed by atoms with E-state index < -0.39 is 49.7 Å². The lowest BCUT2D eigenvalue weighted by Gasteiger charge is -2.23. The minimum Gasteiger partial charge on any atom is -0.323 e. The molecule has 3 rings (SSSR count). The Morgan fingerprint density at radius 1 is 0.853 bits per heavy atom. The third-order valence-corrected chi connectivity index (χ3v) is 5.54. The maximum atomic E-state index is 12.7. The molecule has 3 aromatic rings. The molecule has 180 valence electrons. The van der Waals surface area contributed by atoms with Crippen LogP contribution in [-0.4, -0.2) is 42.6 Å². The number of imidazole rings is 1. The first-order valence-electron chi connectivity index (χ1n) is 8.96. The van der Waals surface area contributed by atoms with E-state index in [4.69, 9.17) is 0 Å². The minimum atomic E-state index is -5.80. The number of aromatic nitrogens is 2. The number of anilines is 2. The standard InChI is InChI=1S/C19H12F6N4O4S/c20-18(21,22)15(30)29(16(31)19(23,24)25)12-6-8-13(9-7-12)34(32,33)28-17-26-10-14(27-17)11-4-2-1-3-5-11/h1-10H,(H2,26,27,28). The number of imide groups is 1. The number of rotatable bonds is 5. The zero-order chi connectivity index (χ0) is 25.3. The first-order chi connectivity index (χ1) is 15.7. The van der Waals surface area contributed by atoms with Crippen molar-refractivity contribution in [2.75, 3.05) is 9.62 Å². The minimum absolute atomic E-state index is 0.218. The van der Waals surface area contributed by atoms with Gasteiger partial charge in [-0.1, -0.05) is 30.3 Å². The lowest BCUT2D eigenvalue weighted by molar-refractivity contribution is -0.181. The average Bonchev–Trinajstić information content (AvgIpc) is 3.21. The molecule has 2 amide bonds. The highest BCUT2D eigenvalue weighted by molar-refractivity contribution is 7.92. The number of sulfonamides is 1. The average molecular weight is 506 g/mol. The van der Waals surface area contributed by atoms with Gasteiger partial charge in [0, 0.05) is 0 Å². The molecule has 1 heterocycles. The Balaban J connectivity index is 1.87. The van der Waals surface area contributed by atoms with E-state index in [2.05, 4.69) is 14.7 Å². The van der Waals surface area contributed by atoms with Crippen LogP contribution in [0.25, 0.3) is 11.3 Å². The van der Waals surface area contributed by atoms with Crippen molar-refractivity contribution in [2.24, 2.45) is 0 Å². The van der Waals surface area contributed by atoms with E-state index in [0.29, 0.717) is 35.5 Å². The molecule has 0 aliphatic rings. The van der Waals surface area contributed by atoms with Crippen LogP contribution in [0.4, 0.5) is 38.0 Å². The summed E-state index contributed by atoms with van der Waals surface area (Å²) < 4.78 is 104. The molecule has 2 aromatic carbocycles. The second kappa shape index (κ2) is 8.81. The Morgan fingerprint density at radius 2 is 1.38 bits per heavy atom. The molecule has 15 heteroatoms. The Hall–Kier alpha value is -3.88. The summed E-state index contributed by atoms with van der Waals surface area (Å²) in [7, 11) is -4.40. The van der Waals surface area contributed by atoms with Crippen LogP contribution in [0.3, 0.4) is 0 Å². The topological polar surface area (TPSA) is 112 Å². The maximum Gasteiger partial charge on any atom is 0.472 e. The van der Waals surface area contributed by atoms with Crippen molar-refractivity contribution >= 4 is 33.5 Å². The predicted molar refractivity (Wildman–Crippen MR) is 106 cm³/mol. The Morgan fingerprint density at radius 3 is 1.88 bits per heavy atom. The van der Waals surface area contributed by atoms with E-state index in [9.17, 15) is 44.3 Å². The first-order valence-corrected chi connectivity index (χ1v) is 10.4. The van der Waals surface area contributed by atoms with Crippen molar-refractivity contribution in [1.29, 1.82) is 0 Å². The van der Waals surface area contributed by atoms with Crippen LogP contribution in [-0.2, 0) is 19.6 Å². The summed E-state index contributed by atoms with van der Waals surface area (Å²) in [6.07, 6.45) is -10.3. The number of nitrogens with zero attached hydrogens (tertiary/aromatic N) is 2. The fourth-order valence-corrected chi connectivity index (χ4v) is 3.65. The molecule has 8 nitrogen and oxygen atoms in total. The van der Waals surface area contributed by atoms with Gasteiger partial charge in [-0.2, -0.15) is 26.3 Å². The van der Waals surface area contributed by atoms with Gasteiger partial charge in [-0.05, 0) is 29.8 Å². The van der Waals surface area contributed by atoms with Crippen molar-refractivity contribution in [3.8, 4) is 11.3 Å². The highest BCUT2D eigenvalue weighted by Crippen LogP contribution is 2.30. The second-order valence-electron chi connectivity index (χ2n) is 6.55. The van der Waals surface area contributed by atoms with Crippen LogP contribution in [0.15, 0.2) is 65.7 Å². The van der Waals surface area contributed by atoms with Crippen LogP contribution in [0, 0.1) is 0 Å². The van der Waals surface area contributed by atoms with Crippen molar-refractivity contribution < 1.29 is 44.3 Å². The van der Waals surface area contributed by atoms with E-state index in [1.54, 1.807) is 30.3 Å². The number of carbonyl (C=O) groups excluding carboxylic acids is 2. The van der Waals surface area contributed by atoms with E-state index in [-0.39, 0.29) is 5.95 Å². The summed E-state index contributed by atoms with van der Waals surface area (Å²) in [5.74, 6) is -6.40. The zero-order valence-electron chi connectivity index (χ0n) is 16.5. The van der Waals surface area contributed by atoms with Crippen LogP contribution < -0.4 is 9.62 Å². The number of hydrogen-bond acceptors (Lipinski definition) is 5. The molecule has 0 radical (unpaired) electrons. The molecule has 0 spiro atoms. The number of hydrogen-bond donors (Lipinski definition) is 2. The second-order valence-corrected chi connectivity index (χ2v) is 8.23. The van der Waals surface area contributed by atoms with Gasteiger partial charge in [-0.15, -0.1) is 0 Å². The van der Waals surface area contributed by atoms with Gasteiger partial charge in [-0.25, -0.2) is 23.0 Å². The first kappa shape index (κ1) is 24.8. The van der Waals surface area contributed by atoms with Crippen LogP contribution in [0.1, 0.15) is 0 Å². The molecule has 34 heavy (non-hydrogen) atoms. The third-order valence-electron chi connectivity index (χ3n) is 4.19. The number of aromatic amines is 1. The summed E-state index contributed by atoms with van der Waals surface area (Å²) in [5, 5.41) is 0. The highest BCUT2D eigenvalue weighted by Gasteiger charge is 2.52. The van der Waals surface area contributed by atoms with Crippen molar-refractivity contribution in [2.45, 2.75) is 17.2 Å². The number of benzene rings is 2. The van der Waals surface area contributed by atoms with E-state index in [1.165, 1.54) is 6.20 Å². The fourth-order valence-electron chi connectivity index (χ4n) is 2.68. The SMILES string of the molecule is O=C(N(C(=O)C(F)(F)F)c1ccc(S(=O)(=O)Nc2ncc(-c3ccccc3)[nH]2)cc1)C(F)(F)F. The zero-order valence-corrected chi connectivity index (χ0v) is 17.3. The summed E-state index contributed by atoms with van der Waals surface area (Å²) in [5.41, 5.74) is 0.0159. The molecule has 0 aliphatic heterocycles. The summed E-state index contributed by atoms with van der Waals surface area (Å²) >= 11 is 0. The van der Waals surface area contributed by atoms with Gasteiger partial charge >= 0.3 is 24.2 Å². The number of carbonyl (C=O) groups is 2. The predicted octanol–water partition coefficient (Wildman–Crippen LogP) is 3.86. The maximum absolute atomic E-state index is 12.7. The van der Waals surface area contributed by atoms with Gasteiger partial charge in [0.15, 0.2) is 0 Å². The smallest absolute Gasteiger partial charge is 0.323 e. The normalized spacial score (nSPS) is 12.3. The van der Waals surface area contributed by atoms with Gasteiger partial charge in [-0.3, -0.25) is 9.59 Å². The van der Waals surface area contributed by atoms with Gasteiger partial charge < -0.3 is 4.98 Å². The fraction of sp³-hybridized carbons (Fsp3) is 0.105. The molecular formula is C19H12F6N4O4S. The number of nitrogens with one attached hydrogen (secondary N) is 2. The number of amides is 2. The van der Waals surface area contributed by atoms with Crippen molar-refractivity contribution in [3.05, 3.63) is 60.8 Å². The monoisotopic (exact) mass is 506 g/mol. The Labute approximate surface area is 187 Å². The third kappa shape index (κ3) is 5.36. The molecule has 0 unspecified atom stereocenters. The molecule has 0 atom stereocenters. The van der Waals surface area contributed by atoms with E-state index in [0.717, 1.165) is 0 Å². The Bertz CT molecular complexity index is 1280. The summed E-state index contributed by atoms with van der Waals surface area (Å²) in [6, 6.07) is 10.8. The number of halogens is 6. The molecule has 0 fully saturated rings. The van der Waals surface area contributed by atoms with Gasteiger partial charge in [0.1, 0.15) is 0 Å². The summed E-state index contributed by atoms with van der Waals surface area (Å²) in [6.45, 7) is 0. The molecule has 0 saturated carbocycles. The highest BCUT2D eigenvalue weighted by atomic mass is 32.2. The van der Waals surface area contributed by atoms with Gasteiger partial charge in [0.25, 0.3) is 10.0 Å². The molecular weight excluding hydrogens is 494 g/mol. The van der Waals surface area contributed by atoms with E-state index >= 15 is 0 Å². The van der Waals surface area contributed by atoms with E-state index in [1.807, 2.05) is 0 Å². The molecule has 0 saturated heterocycles. The van der Waals surface area contributed by atoms with Crippen molar-refractivity contribution in [1.82, 2.24) is 9.97 Å². The van der Waals surface area contributed by atoms with Gasteiger partial charge in [0.2, 0.25) is 5.95 Å². The van der Waals surface area contributed by atoms with Gasteiger partial charge in [0.05, 0.1) is 22.5 Å². The quantitative estimate of drug-likeness (QED) is 0.511. The number of alkyl halides is 6. The molecule has 2 N–H and O–H groups in total. The van der Waals surface area contributed by atoms with Crippen LogP contribution >= 0.6 is 0 Å². The number of H-pyrrole nitrogens is 1. The van der Waals surface area contributed by atoms with Crippen molar-refractivity contribution in [3.63, 3.8) is 0 Å². The van der Waals surface area contributed by atoms with Crippen LogP contribution in [0.5, 0.6) is 0 Å². The molecule has 0 aliphatic carbocycles. The summed E-state index contributed by atoms with van der Waals surface area (Å²) in [4.78, 5) is 27.7. The molecule has 1 aromatic heterocycles. The molecule has 0 bridgehead atoms. The Kier molecular flexibility index (Phi) is 6.42. The lowest BCUT2D eigenvalue weighted by Crippen LogP contribution is -2.50. The lowest BCUT2D eigenvalue weighted by atomic mass is 10.2. The largest absolute Gasteiger partial charge is 0.472 e.